The van der Waals surface area contributed by atoms with E-state index in [-0.39, 0.29) is 11.8 Å². The van der Waals surface area contributed by atoms with E-state index in [4.69, 9.17) is 10.2 Å². The number of halogens is 1. The van der Waals surface area contributed by atoms with Gasteiger partial charge in [-0.25, -0.2) is 8.42 Å². The standard InChI is InChI=1S/C9H14BrNO3S/c1-15(12,13)6-2-3-7(11)8-4-5-9(10)14-8/h4-5,7H,2-3,6,11H2,1H3. The fourth-order valence-corrected chi connectivity index (χ4v) is 2.25. The molecule has 2 N–H and O–H groups in total. The first-order valence-electron chi connectivity index (χ1n) is 4.57. The Hall–Kier alpha value is -0.330. The molecule has 0 amide bonds. The van der Waals surface area contributed by atoms with E-state index in [0.717, 1.165) is 0 Å². The van der Waals surface area contributed by atoms with Gasteiger partial charge in [0.05, 0.1) is 6.04 Å². The summed E-state index contributed by atoms with van der Waals surface area (Å²) in [6.45, 7) is 0. The second-order valence-electron chi connectivity index (χ2n) is 3.52. The van der Waals surface area contributed by atoms with Crippen LogP contribution in [0.25, 0.3) is 0 Å². The Balaban J connectivity index is 2.40. The number of nitrogens with two attached hydrogens (primary N) is 1. The molecular weight excluding hydrogens is 282 g/mol. The minimum atomic E-state index is -2.89. The van der Waals surface area contributed by atoms with E-state index < -0.39 is 9.84 Å². The van der Waals surface area contributed by atoms with Crippen LogP contribution >= 0.6 is 15.9 Å². The molecule has 1 rings (SSSR count). The quantitative estimate of drug-likeness (QED) is 0.900. The van der Waals surface area contributed by atoms with Gasteiger partial charge < -0.3 is 10.2 Å². The summed E-state index contributed by atoms with van der Waals surface area (Å²) in [4.78, 5) is 0. The largest absolute Gasteiger partial charge is 0.453 e. The van der Waals surface area contributed by atoms with Crippen LogP contribution in [-0.2, 0) is 9.84 Å². The Morgan fingerprint density at radius 3 is 2.67 bits per heavy atom. The Morgan fingerprint density at radius 1 is 1.53 bits per heavy atom. The lowest BCUT2D eigenvalue weighted by Gasteiger charge is -2.07. The summed E-state index contributed by atoms with van der Waals surface area (Å²) < 4.78 is 27.7. The third-order valence-corrected chi connectivity index (χ3v) is 3.45. The Morgan fingerprint density at radius 2 is 2.20 bits per heavy atom. The van der Waals surface area contributed by atoms with Gasteiger partial charge in [0.1, 0.15) is 15.6 Å². The van der Waals surface area contributed by atoms with Crippen LogP contribution in [0, 0.1) is 0 Å². The molecule has 0 spiro atoms. The number of hydrogen-bond donors (Lipinski definition) is 1. The molecule has 0 aliphatic heterocycles. The van der Waals surface area contributed by atoms with E-state index in [1.807, 2.05) is 0 Å². The fraction of sp³-hybridized carbons (Fsp3) is 0.556. The maximum Gasteiger partial charge on any atom is 0.169 e. The number of sulfone groups is 1. The zero-order valence-corrected chi connectivity index (χ0v) is 10.8. The van der Waals surface area contributed by atoms with Crippen LogP contribution in [0.15, 0.2) is 21.2 Å². The predicted molar refractivity (Wildman–Crippen MR) is 62.3 cm³/mol. The summed E-state index contributed by atoms with van der Waals surface area (Å²) in [5.74, 6) is 0.845. The molecule has 1 aromatic rings. The minimum Gasteiger partial charge on any atom is -0.453 e. The topological polar surface area (TPSA) is 73.3 Å². The normalized spacial score (nSPS) is 14.1. The summed E-state index contributed by atoms with van der Waals surface area (Å²) in [5.41, 5.74) is 5.83. The predicted octanol–water partition coefficient (Wildman–Crippen LogP) is 1.87. The van der Waals surface area contributed by atoms with Crippen molar-refractivity contribution in [2.75, 3.05) is 12.0 Å². The average molecular weight is 296 g/mol. The van der Waals surface area contributed by atoms with Gasteiger partial charge in [0.15, 0.2) is 4.67 Å². The zero-order valence-electron chi connectivity index (χ0n) is 8.44. The third kappa shape index (κ3) is 4.81. The van der Waals surface area contributed by atoms with Gasteiger partial charge in [-0.1, -0.05) is 0 Å². The van der Waals surface area contributed by atoms with Crippen molar-refractivity contribution in [3.8, 4) is 0 Å². The van der Waals surface area contributed by atoms with Gasteiger partial charge in [0.2, 0.25) is 0 Å². The zero-order chi connectivity index (χ0) is 11.5. The van der Waals surface area contributed by atoms with Crippen molar-refractivity contribution in [3.63, 3.8) is 0 Å². The minimum absolute atomic E-state index is 0.169. The van der Waals surface area contributed by atoms with Crippen LogP contribution < -0.4 is 5.73 Å². The number of rotatable bonds is 5. The molecule has 1 atom stereocenters. The van der Waals surface area contributed by atoms with Gasteiger partial charge in [-0.2, -0.15) is 0 Å². The van der Waals surface area contributed by atoms with Crippen LogP contribution in [0.3, 0.4) is 0 Å². The summed E-state index contributed by atoms with van der Waals surface area (Å²) in [7, 11) is -2.89. The molecule has 0 aliphatic carbocycles. The number of furan rings is 1. The molecule has 86 valence electrons. The second kappa shape index (κ2) is 5.14. The van der Waals surface area contributed by atoms with E-state index in [1.165, 1.54) is 6.26 Å². The van der Waals surface area contributed by atoms with Gasteiger partial charge in [-0.15, -0.1) is 0 Å². The summed E-state index contributed by atoms with van der Waals surface area (Å²) >= 11 is 3.18. The van der Waals surface area contributed by atoms with Crippen LogP contribution in [-0.4, -0.2) is 20.4 Å². The van der Waals surface area contributed by atoms with Crippen molar-refractivity contribution in [2.45, 2.75) is 18.9 Å². The van der Waals surface area contributed by atoms with Crippen LogP contribution in [0.5, 0.6) is 0 Å². The van der Waals surface area contributed by atoms with Crippen LogP contribution in [0.4, 0.5) is 0 Å². The lowest BCUT2D eigenvalue weighted by atomic mass is 10.1. The van der Waals surface area contributed by atoms with Crippen molar-refractivity contribution in [3.05, 3.63) is 22.6 Å². The molecule has 6 heteroatoms. The SMILES string of the molecule is CS(=O)(=O)CCCC(N)c1ccc(Br)o1. The molecule has 1 unspecified atom stereocenters. The Bertz CT molecular complexity index is 413. The summed E-state index contributed by atoms with van der Waals surface area (Å²) in [6.07, 6.45) is 2.38. The van der Waals surface area contributed by atoms with E-state index in [9.17, 15) is 8.42 Å². The highest BCUT2D eigenvalue weighted by Gasteiger charge is 2.11. The molecular formula is C9H14BrNO3S. The first-order chi connectivity index (χ1) is 6.88. The highest BCUT2D eigenvalue weighted by molar-refractivity contribution is 9.10. The molecule has 0 aliphatic rings. The molecule has 4 nitrogen and oxygen atoms in total. The monoisotopic (exact) mass is 295 g/mol. The number of hydrogen-bond acceptors (Lipinski definition) is 4. The van der Waals surface area contributed by atoms with E-state index >= 15 is 0 Å². The molecule has 1 aromatic heterocycles. The van der Waals surface area contributed by atoms with Gasteiger partial charge in [0.25, 0.3) is 0 Å². The van der Waals surface area contributed by atoms with Gasteiger partial charge in [0, 0.05) is 12.0 Å². The highest BCUT2D eigenvalue weighted by atomic mass is 79.9. The van der Waals surface area contributed by atoms with E-state index in [2.05, 4.69) is 15.9 Å². The average Bonchev–Trinajstić information content (AvgIpc) is 2.49. The van der Waals surface area contributed by atoms with Crippen molar-refractivity contribution in [1.29, 1.82) is 0 Å². The Labute approximate surface area is 97.9 Å². The fourth-order valence-electron chi connectivity index (χ4n) is 1.24. The van der Waals surface area contributed by atoms with E-state index in [1.54, 1.807) is 12.1 Å². The lowest BCUT2D eigenvalue weighted by Crippen LogP contribution is -2.12. The maximum absolute atomic E-state index is 10.9. The van der Waals surface area contributed by atoms with Gasteiger partial charge >= 0.3 is 0 Å². The molecule has 15 heavy (non-hydrogen) atoms. The van der Waals surface area contributed by atoms with Crippen LogP contribution in [0.1, 0.15) is 24.6 Å². The molecule has 0 bridgehead atoms. The smallest absolute Gasteiger partial charge is 0.169 e. The molecule has 0 saturated heterocycles. The van der Waals surface area contributed by atoms with E-state index in [0.29, 0.717) is 23.3 Å². The summed E-state index contributed by atoms with van der Waals surface area (Å²) in [5, 5.41) is 0. The molecule has 0 radical (unpaired) electrons. The summed E-state index contributed by atoms with van der Waals surface area (Å²) in [6, 6.07) is 3.32. The second-order valence-corrected chi connectivity index (χ2v) is 6.56. The lowest BCUT2D eigenvalue weighted by molar-refractivity contribution is 0.435. The molecule has 1 heterocycles. The van der Waals surface area contributed by atoms with Gasteiger partial charge in [-0.05, 0) is 40.9 Å². The highest BCUT2D eigenvalue weighted by Crippen LogP contribution is 2.21. The van der Waals surface area contributed by atoms with Crippen molar-refractivity contribution >= 4 is 25.8 Å². The Kier molecular flexibility index (Phi) is 4.36. The molecule has 0 saturated carbocycles. The maximum atomic E-state index is 10.9. The van der Waals surface area contributed by atoms with Crippen molar-refractivity contribution < 1.29 is 12.8 Å². The van der Waals surface area contributed by atoms with Gasteiger partial charge in [-0.3, -0.25) is 0 Å². The molecule has 0 aromatic carbocycles. The molecule has 0 fully saturated rings. The third-order valence-electron chi connectivity index (χ3n) is 1.99. The van der Waals surface area contributed by atoms with Crippen molar-refractivity contribution in [2.24, 2.45) is 5.73 Å². The van der Waals surface area contributed by atoms with Crippen molar-refractivity contribution in [1.82, 2.24) is 0 Å². The van der Waals surface area contributed by atoms with Crippen LogP contribution in [0.2, 0.25) is 0 Å². The first kappa shape index (κ1) is 12.7. The first-order valence-corrected chi connectivity index (χ1v) is 7.42.